The van der Waals surface area contributed by atoms with Crippen LogP contribution in [0.3, 0.4) is 0 Å². The lowest BCUT2D eigenvalue weighted by Gasteiger charge is -2.17. The van der Waals surface area contributed by atoms with Crippen LogP contribution in [0.15, 0.2) is 42.5 Å². The number of carbonyl (C=O) groups excluding carboxylic acids is 2. The Labute approximate surface area is 152 Å². The van der Waals surface area contributed by atoms with Gasteiger partial charge in [0.05, 0.1) is 13.2 Å². The molecule has 0 unspecified atom stereocenters. The van der Waals surface area contributed by atoms with Crippen LogP contribution in [0, 0.1) is 0 Å². The van der Waals surface area contributed by atoms with Crippen molar-refractivity contribution in [1.82, 2.24) is 5.32 Å². The largest absolute Gasteiger partial charge is 0.494 e. The second-order valence-electron chi connectivity index (χ2n) is 5.93. The minimum atomic E-state index is -0.153. The SMILES string of the molecule is CCOc1ccc(OCCNC(=O)c2ccc3c(c2)CCC(=O)N3)cc1. The Bertz CT molecular complexity index is 787. The molecule has 2 amide bonds. The Hall–Kier alpha value is -3.02. The molecule has 0 bridgehead atoms. The molecule has 2 aromatic carbocycles. The van der Waals surface area contributed by atoms with Crippen molar-refractivity contribution in [1.29, 1.82) is 0 Å². The Morgan fingerprint density at radius 1 is 1.08 bits per heavy atom. The number of fused-ring (bicyclic) bond motifs is 1. The summed E-state index contributed by atoms with van der Waals surface area (Å²) in [6, 6.07) is 12.7. The zero-order chi connectivity index (χ0) is 18.4. The van der Waals surface area contributed by atoms with E-state index in [-0.39, 0.29) is 11.8 Å². The molecule has 0 saturated carbocycles. The Morgan fingerprint density at radius 2 is 1.81 bits per heavy atom. The Balaban J connectivity index is 1.46. The Morgan fingerprint density at radius 3 is 2.54 bits per heavy atom. The van der Waals surface area contributed by atoms with Crippen molar-refractivity contribution in [2.75, 3.05) is 25.1 Å². The van der Waals surface area contributed by atoms with Gasteiger partial charge < -0.3 is 20.1 Å². The van der Waals surface area contributed by atoms with E-state index in [1.165, 1.54) is 0 Å². The summed E-state index contributed by atoms with van der Waals surface area (Å²) in [4.78, 5) is 23.6. The number of ether oxygens (including phenoxy) is 2. The van der Waals surface area contributed by atoms with Crippen molar-refractivity contribution in [2.24, 2.45) is 0 Å². The minimum Gasteiger partial charge on any atom is -0.494 e. The second-order valence-corrected chi connectivity index (χ2v) is 5.93. The van der Waals surface area contributed by atoms with Crippen LogP contribution in [-0.4, -0.2) is 31.6 Å². The first-order valence-corrected chi connectivity index (χ1v) is 8.72. The second kappa shape index (κ2) is 8.38. The number of hydrogen-bond acceptors (Lipinski definition) is 4. The van der Waals surface area contributed by atoms with Crippen molar-refractivity contribution in [2.45, 2.75) is 19.8 Å². The van der Waals surface area contributed by atoms with Crippen molar-refractivity contribution < 1.29 is 19.1 Å². The van der Waals surface area contributed by atoms with Gasteiger partial charge in [-0.15, -0.1) is 0 Å². The lowest BCUT2D eigenvalue weighted by molar-refractivity contribution is -0.116. The predicted molar refractivity (Wildman–Crippen MR) is 98.8 cm³/mol. The average Bonchev–Trinajstić information content (AvgIpc) is 2.66. The molecule has 0 saturated heterocycles. The van der Waals surface area contributed by atoms with Crippen molar-refractivity contribution in [3.63, 3.8) is 0 Å². The van der Waals surface area contributed by atoms with Gasteiger partial charge in [-0.25, -0.2) is 0 Å². The van der Waals surface area contributed by atoms with Gasteiger partial charge >= 0.3 is 0 Å². The summed E-state index contributed by atoms with van der Waals surface area (Å²) < 4.78 is 11.0. The number of benzene rings is 2. The molecule has 0 radical (unpaired) electrons. The zero-order valence-electron chi connectivity index (χ0n) is 14.7. The highest BCUT2D eigenvalue weighted by atomic mass is 16.5. The summed E-state index contributed by atoms with van der Waals surface area (Å²) in [5.41, 5.74) is 2.36. The maximum Gasteiger partial charge on any atom is 0.251 e. The molecule has 0 atom stereocenters. The first-order chi connectivity index (χ1) is 12.7. The molecule has 0 fully saturated rings. The lowest BCUT2D eigenvalue weighted by atomic mass is 10.00. The van der Waals surface area contributed by atoms with Gasteiger partial charge in [-0.2, -0.15) is 0 Å². The van der Waals surface area contributed by atoms with Crippen LogP contribution >= 0.6 is 0 Å². The summed E-state index contributed by atoms with van der Waals surface area (Å²) in [6.07, 6.45) is 1.11. The molecule has 1 heterocycles. The molecule has 3 rings (SSSR count). The fourth-order valence-corrected chi connectivity index (χ4v) is 2.76. The highest BCUT2D eigenvalue weighted by Crippen LogP contribution is 2.23. The fourth-order valence-electron chi connectivity index (χ4n) is 2.76. The van der Waals surface area contributed by atoms with Crippen molar-refractivity contribution >= 4 is 17.5 Å². The highest BCUT2D eigenvalue weighted by molar-refractivity contribution is 5.97. The predicted octanol–water partition coefficient (Wildman–Crippen LogP) is 2.78. The van der Waals surface area contributed by atoms with Gasteiger partial charge in [-0.1, -0.05) is 0 Å². The molecule has 2 aromatic rings. The third-order valence-corrected chi connectivity index (χ3v) is 4.05. The minimum absolute atomic E-state index is 0.0149. The van der Waals surface area contributed by atoms with Gasteiger partial charge in [-0.3, -0.25) is 9.59 Å². The van der Waals surface area contributed by atoms with Gasteiger partial charge in [0.1, 0.15) is 18.1 Å². The molecule has 26 heavy (non-hydrogen) atoms. The number of aryl methyl sites for hydroxylation is 1. The molecule has 0 spiro atoms. The van der Waals surface area contributed by atoms with Crippen LogP contribution in [-0.2, 0) is 11.2 Å². The van der Waals surface area contributed by atoms with Crippen molar-refractivity contribution in [3.05, 3.63) is 53.6 Å². The Kier molecular flexibility index (Phi) is 5.73. The summed E-state index contributed by atoms with van der Waals surface area (Å²) >= 11 is 0. The topological polar surface area (TPSA) is 76.7 Å². The van der Waals surface area contributed by atoms with Crippen LogP contribution in [0.2, 0.25) is 0 Å². The molecular weight excluding hydrogens is 332 g/mol. The molecule has 2 N–H and O–H groups in total. The van der Waals surface area contributed by atoms with E-state index in [1.807, 2.05) is 37.3 Å². The number of rotatable bonds is 7. The smallest absolute Gasteiger partial charge is 0.251 e. The summed E-state index contributed by atoms with van der Waals surface area (Å²) in [5.74, 6) is 1.39. The molecule has 1 aliphatic heterocycles. The third-order valence-electron chi connectivity index (χ3n) is 4.05. The monoisotopic (exact) mass is 354 g/mol. The van der Waals surface area contributed by atoms with Gasteiger partial charge in [0.25, 0.3) is 5.91 Å². The van der Waals surface area contributed by atoms with E-state index < -0.39 is 0 Å². The van der Waals surface area contributed by atoms with Gasteiger partial charge in [-0.05, 0) is 61.4 Å². The molecule has 6 nitrogen and oxygen atoms in total. The van der Waals surface area contributed by atoms with Crippen LogP contribution < -0.4 is 20.1 Å². The van der Waals surface area contributed by atoms with E-state index in [2.05, 4.69) is 10.6 Å². The summed E-state index contributed by atoms with van der Waals surface area (Å²) in [5, 5.41) is 5.65. The van der Waals surface area contributed by atoms with E-state index in [0.717, 1.165) is 22.7 Å². The zero-order valence-corrected chi connectivity index (χ0v) is 14.7. The lowest BCUT2D eigenvalue weighted by Crippen LogP contribution is -2.28. The molecule has 0 aromatic heterocycles. The van der Waals surface area contributed by atoms with Crippen molar-refractivity contribution in [3.8, 4) is 11.5 Å². The van der Waals surface area contributed by atoms with Crippen LogP contribution in [0.1, 0.15) is 29.3 Å². The average molecular weight is 354 g/mol. The molecule has 0 aliphatic carbocycles. The van der Waals surface area contributed by atoms with E-state index in [9.17, 15) is 9.59 Å². The number of hydrogen-bond donors (Lipinski definition) is 2. The summed E-state index contributed by atoms with van der Waals surface area (Å²) in [7, 11) is 0. The fraction of sp³-hybridized carbons (Fsp3) is 0.300. The third kappa shape index (κ3) is 4.53. The first-order valence-electron chi connectivity index (χ1n) is 8.72. The van der Waals surface area contributed by atoms with E-state index in [0.29, 0.717) is 38.2 Å². The van der Waals surface area contributed by atoms with E-state index in [1.54, 1.807) is 12.1 Å². The van der Waals surface area contributed by atoms with Crippen LogP contribution in [0.4, 0.5) is 5.69 Å². The highest BCUT2D eigenvalue weighted by Gasteiger charge is 2.16. The number of carbonyl (C=O) groups is 2. The van der Waals surface area contributed by atoms with Crippen LogP contribution in [0.25, 0.3) is 0 Å². The number of amides is 2. The van der Waals surface area contributed by atoms with Gasteiger partial charge in [0.2, 0.25) is 5.91 Å². The molecule has 136 valence electrons. The maximum absolute atomic E-state index is 12.3. The van der Waals surface area contributed by atoms with E-state index in [4.69, 9.17) is 9.47 Å². The number of anilines is 1. The summed E-state index contributed by atoms with van der Waals surface area (Å²) in [6.45, 7) is 3.34. The van der Waals surface area contributed by atoms with E-state index >= 15 is 0 Å². The molecule has 6 heteroatoms. The van der Waals surface area contributed by atoms with Gasteiger partial charge in [0.15, 0.2) is 0 Å². The molecule has 1 aliphatic rings. The maximum atomic E-state index is 12.3. The number of nitrogens with one attached hydrogen (secondary N) is 2. The standard InChI is InChI=1S/C20H22N2O4/c1-2-25-16-5-7-17(8-6-16)26-12-11-21-20(24)15-3-9-18-14(13-15)4-10-19(23)22-18/h3,5-9,13H,2,4,10-12H2,1H3,(H,21,24)(H,22,23). The normalized spacial score (nSPS) is 12.7. The quantitative estimate of drug-likeness (QED) is 0.750. The van der Waals surface area contributed by atoms with Crippen LogP contribution in [0.5, 0.6) is 11.5 Å². The first kappa shape index (κ1) is 17.8. The van der Waals surface area contributed by atoms with Gasteiger partial charge in [0, 0.05) is 17.7 Å². The molecular formula is C20H22N2O4.